The quantitative estimate of drug-likeness (QED) is 0.0618. The Labute approximate surface area is 388 Å². The maximum absolute atomic E-state index is 12.0. The predicted molar refractivity (Wildman–Crippen MR) is 241 cm³/mol. The van der Waals surface area contributed by atoms with Crippen LogP contribution in [0.2, 0.25) is 0 Å². The van der Waals surface area contributed by atoms with E-state index in [0.717, 1.165) is 25.7 Å². The van der Waals surface area contributed by atoms with Crippen molar-refractivity contribution in [3.8, 4) is 0 Å². The number of ether oxygens (including phenoxy) is 13. The summed E-state index contributed by atoms with van der Waals surface area (Å²) < 4.78 is 70.2. The zero-order valence-electron chi connectivity index (χ0n) is 39.8. The van der Waals surface area contributed by atoms with Crippen LogP contribution in [0.4, 0.5) is 0 Å². The van der Waals surface area contributed by atoms with E-state index in [-0.39, 0.29) is 36.5 Å². The number of rotatable bonds is 54. The molecule has 0 aliphatic rings. The summed E-state index contributed by atoms with van der Waals surface area (Å²) in [6.45, 7) is 13.4. The second kappa shape index (κ2) is 54.0. The second-order valence-corrected chi connectivity index (χ2v) is 14.2. The molecule has 384 valence electrons. The van der Waals surface area contributed by atoms with Crippen LogP contribution in [0.25, 0.3) is 0 Å². The Balaban J connectivity index is 3.24. The van der Waals surface area contributed by atoms with E-state index in [2.05, 4.69) is 21.3 Å². The fourth-order valence-electron chi connectivity index (χ4n) is 5.11. The second-order valence-electron chi connectivity index (χ2n) is 14.2. The third-order valence-corrected chi connectivity index (χ3v) is 8.58. The molecule has 0 aromatic carbocycles. The summed E-state index contributed by atoms with van der Waals surface area (Å²) in [6.07, 6.45) is 5.87. The number of amides is 4. The van der Waals surface area contributed by atoms with Crippen molar-refractivity contribution < 1.29 is 80.8 Å². The number of carbonyl (C=O) groups excluding carboxylic acids is 4. The number of nitrogens with one attached hydrogen (secondary N) is 4. The average Bonchev–Trinajstić information content (AvgIpc) is 3.30. The van der Waals surface area contributed by atoms with Crippen LogP contribution in [0.1, 0.15) is 64.2 Å². The lowest BCUT2D eigenvalue weighted by molar-refractivity contribution is -0.123. The van der Waals surface area contributed by atoms with Gasteiger partial charge in [-0.15, -0.1) is 0 Å². The molecule has 21 heteroatoms. The molecule has 21 nitrogen and oxygen atoms in total. The molecule has 0 aliphatic heterocycles. The Kier molecular flexibility index (Phi) is 51.8. The number of carbonyl (C=O) groups is 4. The van der Waals surface area contributed by atoms with Crippen molar-refractivity contribution in [3.63, 3.8) is 0 Å². The molecule has 65 heavy (non-hydrogen) atoms. The predicted octanol–water partition coefficient (Wildman–Crippen LogP) is 0.828. The molecule has 0 aliphatic carbocycles. The van der Waals surface area contributed by atoms with Crippen LogP contribution in [0, 0.1) is 0 Å². The lowest BCUT2D eigenvalue weighted by Crippen LogP contribution is -2.26. The van der Waals surface area contributed by atoms with Gasteiger partial charge in [0.1, 0.15) is 0 Å². The van der Waals surface area contributed by atoms with Crippen LogP contribution in [-0.2, 0) is 80.8 Å². The van der Waals surface area contributed by atoms with Gasteiger partial charge in [0.2, 0.25) is 23.6 Å². The molecule has 0 bridgehead atoms. The maximum atomic E-state index is 12.0. The molecule has 0 saturated carbocycles. The minimum absolute atomic E-state index is 0.0332. The molecule has 0 fully saturated rings. The van der Waals surface area contributed by atoms with E-state index in [1.807, 2.05) is 0 Å². The van der Waals surface area contributed by atoms with Crippen molar-refractivity contribution in [2.45, 2.75) is 64.2 Å². The molecule has 0 aromatic rings. The first-order valence-electron chi connectivity index (χ1n) is 23.4. The highest BCUT2D eigenvalue weighted by molar-refractivity contribution is 5.76. The molecule has 0 unspecified atom stereocenters. The van der Waals surface area contributed by atoms with Crippen molar-refractivity contribution in [2.75, 3.05) is 199 Å². The van der Waals surface area contributed by atoms with Crippen LogP contribution in [0.3, 0.4) is 0 Å². The summed E-state index contributed by atoms with van der Waals surface area (Å²) >= 11 is 0. The van der Waals surface area contributed by atoms with Crippen molar-refractivity contribution in [1.29, 1.82) is 0 Å². The Morgan fingerprint density at radius 3 is 0.677 bits per heavy atom. The largest absolute Gasteiger partial charge is 0.385 e. The standard InChI is InChI=1S/C44H86N4O17/c1-53-17-3-9-41(49)45-13-5-19-55-25-31-61-33-27-57-21-7-15-47-43(51)11-23-59-29-35-63-37-39-65-40-38-64-36-30-60-24-12-44(52)48-16-8-22-58-28-34-62-32-26-56-20-6-14-46-42(50)10-4-18-54-2/h3-40H2,1-2H3,(H,45,49)(H,46,50)(H,47,51)(H,48,52). The van der Waals surface area contributed by atoms with Crippen LogP contribution in [0.15, 0.2) is 0 Å². The van der Waals surface area contributed by atoms with E-state index in [4.69, 9.17) is 61.6 Å². The minimum atomic E-state index is -0.0708. The molecule has 0 heterocycles. The summed E-state index contributed by atoms with van der Waals surface area (Å²) in [6, 6.07) is 0. The molecular weight excluding hydrogens is 856 g/mol. The Morgan fingerprint density at radius 2 is 0.446 bits per heavy atom. The van der Waals surface area contributed by atoms with Gasteiger partial charge in [-0.2, -0.15) is 0 Å². The Bertz CT molecular complexity index is 976. The molecule has 0 aromatic heterocycles. The van der Waals surface area contributed by atoms with E-state index in [1.165, 1.54) is 0 Å². The molecule has 0 spiro atoms. The molecule has 4 amide bonds. The molecule has 4 N–H and O–H groups in total. The first-order valence-corrected chi connectivity index (χ1v) is 23.4. The van der Waals surface area contributed by atoms with Gasteiger partial charge >= 0.3 is 0 Å². The molecular formula is C44H86N4O17. The summed E-state index contributed by atoms with van der Waals surface area (Å²) in [5.41, 5.74) is 0. The zero-order valence-corrected chi connectivity index (χ0v) is 39.8. The van der Waals surface area contributed by atoms with Crippen molar-refractivity contribution in [2.24, 2.45) is 0 Å². The van der Waals surface area contributed by atoms with Crippen molar-refractivity contribution in [1.82, 2.24) is 21.3 Å². The molecule has 0 radical (unpaired) electrons. The van der Waals surface area contributed by atoms with Crippen LogP contribution in [-0.4, -0.2) is 223 Å². The molecule has 0 atom stereocenters. The normalized spacial score (nSPS) is 11.2. The van der Waals surface area contributed by atoms with E-state index < -0.39 is 0 Å². The van der Waals surface area contributed by atoms with E-state index in [9.17, 15) is 19.2 Å². The average molecular weight is 943 g/mol. The van der Waals surface area contributed by atoms with E-state index >= 15 is 0 Å². The first kappa shape index (κ1) is 62.4. The highest BCUT2D eigenvalue weighted by Gasteiger charge is 2.04. The smallest absolute Gasteiger partial charge is 0.222 e. The van der Waals surface area contributed by atoms with Gasteiger partial charge in [0.25, 0.3) is 0 Å². The molecule has 0 rings (SSSR count). The van der Waals surface area contributed by atoms with Crippen LogP contribution >= 0.6 is 0 Å². The summed E-state index contributed by atoms with van der Waals surface area (Å²) in [7, 11) is 3.24. The number of methoxy groups -OCH3 is 2. The van der Waals surface area contributed by atoms with Gasteiger partial charge in [-0.05, 0) is 38.5 Å². The van der Waals surface area contributed by atoms with E-state index in [0.29, 0.717) is 210 Å². The number of hydrogen-bond acceptors (Lipinski definition) is 17. The topological polar surface area (TPSA) is 236 Å². The summed E-state index contributed by atoms with van der Waals surface area (Å²) in [4.78, 5) is 47.1. The van der Waals surface area contributed by atoms with Gasteiger partial charge in [-0.1, -0.05) is 0 Å². The van der Waals surface area contributed by atoms with Gasteiger partial charge in [0.05, 0.1) is 119 Å². The van der Waals surface area contributed by atoms with Gasteiger partial charge in [-0.25, -0.2) is 0 Å². The van der Waals surface area contributed by atoms with Crippen LogP contribution in [0.5, 0.6) is 0 Å². The fourth-order valence-corrected chi connectivity index (χ4v) is 5.11. The van der Waals surface area contributed by atoms with Gasteiger partial charge in [0, 0.05) is 106 Å². The van der Waals surface area contributed by atoms with Crippen LogP contribution < -0.4 is 21.3 Å². The Hall–Kier alpha value is -2.64. The lowest BCUT2D eigenvalue weighted by atomic mass is 10.3. The van der Waals surface area contributed by atoms with Gasteiger partial charge in [-0.3, -0.25) is 19.2 Å². The van der Waals surface area contributed by atoms with Gasteiger partial charge < -0.3 is 82.8 Å². The zero-order chi connectivity index (χ0) is 47.2. The van der Waals surface area contributed by atoms with E-state index in [1.54, 1.807) is 14.2 Å². The van der Waals surface area contributed by atoms with Crippen molar-refractivity contribution >= 4 is 23.6 Å². The third kappa shape index (κ3) is 53.9. The summed E-state index contributed by atoms with van der Waals surface area (Å²) in [5, 5.41) is 11.4. The first-order chi connectivity index (χ1) is 32.0. The molecule has 0 saturated heterocycles. The highest BCUT2D eigenvalue weighted by Crippen LogP contribution is 1.93. The maximum Gasteiger partial charge on any atom is 0.222 e. The lowest BCUT2D eigenvalue weighted by Gasteiger charge is -2.09. The minimum Gasteiger partial charge on any atom is -0.385 e. The third-order valence-electron chi connectivity index (χ3n) is 8.58. The SMILES string of the molecule is COCCCC(=O)NCCCOCCOCCOCCCNC(=O)CCOCCOCCOCCOCCOCCC(=O)NCCCOCCOCCOCCCNC(=O)CCCOC. The Morgan fingerprint density at radius 1 is 0.246 bits per heavy atom. The van der Waals surface area contributed by atoms with Crippen molar-refractivity contribution in [3.05, 3.63) is 0 Å². The summed E-state index contributed by atoms with van der Waals surface area (Å²) in [5.74, 6) is -0.0752. The van der Waals surface area contributed by atoms with Gasteiger partial charge in [0.15, 0.2) is 0 Å². The monoisotopic (exact) mass is 943 g/mol. The fraction of sp³-hybridized carbons (Fsp3) is 0.909. The highest BCUT2D eigenvalue weighted by atomic mass is 16.6. The number of hydrogen-bond donors (Lipinski definition) is 4.